The SMILES string of the molecule is CSc1ccccc1C(=O)N1CCC[C@@]2(CCS(=O)(=O)C2)C1. The smallest absolute Gasteiger partial charge is 0.255 e. The first-order valence-electron chi connectivity index (χ1n) is 7.57. The molecule has 0 aromatic heterocycles. The molecule has 22 heavy (non-hydrogen) atoms. The standard InChI is InChI=1S/C16H21NO3S2/c1-21-14-6-3-2-5-13(14)15(18)17-9-4-7-16(11-17)8-10-22(19,20)12-16/h2-3,5-6H,4,7-12H2,1H3/t16-/m1/s1. The van der Waals surface area contributed by atoms with Crippen LogP contribution in [0.15, 0.2) is 29.2 Å². The molecule has 2 heterocycles. The second-order valence-electron chi connectivity index (χ2n) is 6.37. The molecule has 0 unspecified atom stereocenters. The molecular formula is C16H21NO3S2. The fourth-order valence-corrected chi connectivity index (χ4v) is 6.47. The number of hydrogen-bond acceptors (Lipinski definition) is 4. The summed E-state index contributed by atoms with van der Waals surface area (Å²) >= 11 is 1.57. The van der Waals surface area contributed by atoms with Gasteiger partial charge in [0.25, 0.3) is 5.91 Å². The van der Waals surface area contributed by atoms with Gasteiger partial charge in [-0.05, 0) is 37.7 Å². The lowest BCUT2D eigenvalue weighted by molar-refractivity contribution is 0.0560. The van der Waals surface area contributed by atoms with Gasteiger partial charge in [-0.1, -0.05) is 12.1 Å². The summed E-state index contributed by atoms with van der Waals surface area (Å²) in [5.41, 5.74) is 0.522. The molecule has 4 nitrogen and oxygen atoms in total. The highest BCUT2D eigenvalue weighted by molar-refractivity contribution is 7.98. The second-order valence-corrected chi connectivity index (χ2v) is 9.40. The lowest BCUT2D eigenvalue weighted by Gasteiger charge is -2.39. The predicted octanol–water partition coefficient (Wildman–Crippen LogP) is 2.45. The third-order valence-corrected chi connectivity index (χ3v) is 7.43. The van der Waals surface area contributed by atoms with Gasteiger partial charge in [0.15, 0.2) is 9.84 Å². The Morgan fingerprint density at radius 1 is 1.27 bits per heavy atom. The molecule has 1 aromatic carbocycles. The molecule has 1 atom stereocenters. The average molecular weight is 339 g/mol. The molecule has 1 amide bonds. The minimum Gasteiger partial charge on any atom is -0.338 e. The van der Waals surface area contributed by atoms with E-state index in [0.717, 1.165) is 29.8 Å². The number of amides is 1. The Balaban J connectivity index is 1.82. The zero-order valence-corrected chi connectivity index (χ0v) is 14.4. The molecule has 0 saturated carbocycles. The summed E-state index contributed by atoms with van der Waals surface area (Å²) in [5.74, 6) is 0.554. The molecule has 0 radical (unpaired) electrons. The topological polar surface area (TPSA) is 54.5 Å². The summed E-state index contributed by atoms with van der Waals surface area (Å²) in [6.07, 6.45) is 4.47. The largest absolute Gasteiger partial charge is 0.338 e. The monoisotopic (exact) mass is 339 g/mol. The van der Waals surface area contributed by atoms with Crippen LogP contribution in [0.3, 0.4) is 0 Å². The van der Waals surface area contributed by atoms with E-state index < -0.39 is 9.84 Å². The Labute approximate surface area is 136 Å². The quantitative estimate of drug-likeness (QED) is 0.777. The second kappa shape index (κ2) is 5.89. The van der Waals surface area contributed by atoms with Crippen LogP contribution in [0, 0.1) is 5.41 Å². The summed E-state index contributed by atoms with van der Waals surface area (Å²) in [6, 6.07) is 7.63. The van der Waals surface area contributed by atoms with Crippen LogP contribution in [0.5, 0.6) is 0 Å². The highest BCUT2D eigenvalue weighted by atomic mass is 32.2. The summed E-state index contributed by atoms with van der Waals surface area (Å²) in [7, 11) is -2.92. The van der Waals surface area contributed by atoms with E-state index in [2.05, 4.69) is 0 Å². The van der Waals surface area contributed by atoms with Gasteiger partial charge < -0.3 is 4.90 Å². The van der Waals surface area contributed by atoms with E-state index in [1.807, 2.05) is 35.4 Å². The van der Waals surface area contributed by atoms with E-state index in [1.54, 1.807) is 11.8 Å². The normalized spacial score (nSPS) is 27.2. The van der Waals surface area contributed by atoms with Crippen molar-refractivity contribution in [1.29, 1.82) is 0 Å². The third kappa shape index (κ3) is 3.04. The van der Waals surface area contributed by atoms with Crippen LogP contribution in [0.1, 0.15) is 29.6 Å². The lowest BCUT2D eigenvalue weighted by Crippen LogP contribution is -2.46. The van der Waals surface area contributed by atoms with Crippen molar-refractivity contribution in [3.05, 3.63) is 29.8 Å². The van der Waals surface area contributed by atoms with Crippen molar-refractivity contribution in [3.8, 4) is 0 Å². The zero-order chi connectivity index (χ0) is 15.8. The van der Waals surface area contributed by atoms with Gasteiger partial charge in [0.05, 0.1) is 17.1 Å². The molecule has 1 spiro atoms. The summed E-state index contributed by atoms with van der Waals surface area (Å²) in [5, 5.41) is 0. The molecular weight excluding hydrogens is 318 g/mol. The van der Waals surface area contributed by atoms with Crippen LogP contribution < -0.4 is 0 Å². The number of likely N-dealkylation sites (tertiary alicyclic amines) is 1. The highest BCUT2D eigenvalue weighted by Gasteiger charge is 2.45. The first kappa shape index (κ1) is 15.9. The van der Waals surface area contributed by atoms with Gasteiger partial charge in [0.1, 0.15) is 0 Å². The highest BCUT2D eigenvalue weighted by Crippen LogP contribution is 2.40. The number of carbonyl (C=O) groups is 1. The van der Waals surface area contributed by atoms with Crippen LogP contribution in [-0.2, 0) is 9.84 Å². The van der Waals surface area contributed by atoms with Gasteiger partial charge in [-0.25, -0.2) is 8.42 Å². The Hall–Kier alpha value is -1.01. The van der Waals surface area contributed by atoms with Crippen LogP contribution in [0.4, 0.5) is 0 Å². The maximum atomic E-state index is 12.8. The van der Waals surface area contributed by atoms with Gasteiger partial charge >= 0.3 is 0 Å². The minimum absolute atomic E-state index is 0.0355. The number of piperidine rings is 1. The van der Waals surface area contributed by atoms with E-state index in [4.69, 9.17) is 0 Å². The van der Waals surface area contributed by atoms with Crippen molar-refractivity contribution in [2.45, 2.75) is 24.2 Å². The molecule has 2 fully saturated rings. The number of hydrogen-bond donors (Lipinski definition) is 0. The van der Waals surface area contributed by atoms with Crippen LogP contribution in [0.25, 0.3) is 0 Å². The van der Waals surface area contributed by atoms with Crippen LogP contribution in [0.2, 0.25) is 0 Å². The van der Waals surface area contributed by atoms with Gasteiger partial charge in [0, 0.05) is 23.4 Å². The predicted molar refractivity (Wildman–Crippen MR) is 89.1 cm³/mol. The van der Waals surface area contributed by atoms with E-state index in [0.29, 0.717) is 13.0 Å². The zero-order valence-electron chi connectivity index (χ0n) is 12.7. The van der Waals surface area contributed by atoms with E-state index in [9.17, 15) is 13.2 Å². The Bertz CT molecular complexity index is 686. The van der Waals surface area contributed by atoms with Gasteiger partial charge in [-0.15, -0.1) is 11.8 Å². The van der Waals surface area contributed by atoms with Crippen molar-refractivity contribution < 1.29 is 13.2 Å². The molecule has 0 bridgehead atoms. The fraction of sp³-hybridized carbons (Fsp3) is 0.562. The number of benzene rings is 1. The maximum absolute atomic E-state index is 12.8. The van der Waals surface area contributed by atoms with Gasteiger partial charge in [-0.3, -0.25) is 4.79 Å². The Morgan fingerprint density at radius 2 is 2.05 bits per heavy atom. The first-order valence-corrected chi connectivity index (χ1v) is 10.6. The number of sulfone groups is 1. The van der Waals surface area contributed by atoms with Crippen LogP contribution in [-0.4, -0.2) is 50.1 Å². The van der Waals surface area contributed by atoms with Gasteiger partial charge in [-0.2, -0.15) is 0 Å². The molecule has 2 aliphatic rings. The minimum atomic E-state index is -2.92. The molecule has 0 aliphatic carbocycles. The van der Waals surface area contributed by atoms with E-state index >= 15 is 0 Å². The van der Waals surface area contributed by atoms with E-state index in [-0.39, 0.29) is 22.8 Å². The molecule has 3 rings (SSSR count). The fourth-order valence-electron chi connectivity index (χ4n) is 3.68. The van der Waals surface area contributed by atoms with Gasteiger partial charge in [0.2, 0.25) is 0 Å². The van der Waals surface area contributed by atoms with E-state index in [1.165, 1.54) is 0 Å². The molecule has 120 valence electrons. The van der Waals surface area contributed by atoms with Crippen molar-refractivity contribution in [3.63, 3.8) is 0 Å². The molecule has 2 saturated heterocycles. The number of rotatable bonds is 2. The summed E-state index contributed by atoms with van der Waals surface area (Å²) in [6.45, 7) is 1.30. The first-order chi connectivity index (χ1) is 10.4. The van der Waals surface area contributed by atoms with Crippen molar-refractivity contribution >= 4 is 27.5 Å². The van der Waals surface area contributed by atoms with Crippen molar-refractivity contribution in [1.82, 2.24) is 4.90 Å². The number of nitrogens with zero attached hydrogens (tertiary/aromatic N) is 1. The average Bonchev–Trinajstić information content (AvgIpc) is 2.81. The number of thioether (sulfide) groups is 1. The van der Waals surface area contributed by atoms with Crippen molar-refractivity contribution in [2.75, 3.05) is 30.9 Å². The summed E-state index contributed by atoms with van der Waals surface area (Å²) in [4.78, 5) is 15.7. The Kier molecular flexibility index (Phi) is 4.25. The Morgan fingerprint density at radius 3 is 2.73 bits per heavy atom. The molecule has 2 aliphatic heterocycles. The van der Waals surface area contributed by atoms with Crippen molar-refractivity contribution in [2.24, 2.45) is 5.41 Å². The lowest BCUT2D eigenvalue weighted by atomic mass is 9.79. The molecule has 6 heteroatoms. The summed E-state index contributed by atoms with van der Waals surface area (Å²) < 4.78 is 23.7. The third-order valence-electron chi connectivity index (χ3n) is 4.76. The molecule has 0 N–H and O–H groups in total. The molecule has 1 aromatic rings. The maximum Gasteiger partial charge on any atom is 0.255 e. The number of carbonyl (C=O) groups excluding carboxylic acids is 1. The van der Waals surface area contributed by atoms with Crippen LogP contribution >= 0.6 is 11.8 Å².